The fourth-order valence-corrected chi connectivity index (χ4v) is 1.72. The zero-order valence-corrected chi connectivity index (χ0v) is 9.14. The first-order valence-corrected chi connectivity index (χ1v) is 5.16. The number of carboxylic acid groups (broad SMARTS) is 1. The fraction of sp³-hybridized carbons (Fsp3) is 0.455. The summed E-state index contributed by atoms with van der Waals surface area (Å²) < 4.78 is 5.31. The van der Waals surface area contributed by atoms with E-state index in [1.54, 1.807) is 11.9 Å². The lowest BCUT2D eigenvalue weighted by Gasteiger charge is -2.20. The lowest BCUT2D eigenvalue weighted by molar-refractivity contribution is -0.135. The number of hydrogen-bond acceptors (Lipinski definition) is 4. The zero-order chi connectivity index (χ0) is 11.5. The maximum absolute atomic E-state index is 10.6. The van der Waals surface area contributed by atoms with Gasteiger partial charge in [-0.15, -0.1) is 0 Å². The maximum Gasteiger partial charge on any atom is 0.323 e. The van der Waals surface area contributed by atoms with Gasteiger partial charge in [0.25, 0.3) is 0 Å². The molecule has 1 aliphatic heterocycles. The SMILES string of the molecule is CN(CC(=O)O)c1ccc2c(n1)COCC2. The highest BCUT2D eigenvalue weighted by atomic mass is 16.5. The quantitative estimate of drug-likeness (QED) is 0.814. The van der Waals surface area contributed by atoms with Gasteiger partial charge in [-0.25, -0.2) is 4.98 Å². The predicted molar refractivity (Wildman–Crippen MR) is 58.5 cm³/mol. The summed E-state index contributed by atoms with van der Waals surface area (Å²) in [6.45, 7) is 1.20. The van der Waals surface area contributed by atoms with Gasteiger partial charge < -0.3 is 14.7 Å². The second-order valence-electron chi connectivity index (χ2n) is 3.83. The second-order valence-corrected chi connectivity index (χ2v) is 3.83. The molecule has 0 atom stereocenters. The highest BCUT2D eigenvalue weighted by Crippen LogP contribution is 2.18. The van der Waals surface area contributed by atoms with Gasteiger partial charge in [0, 0.05) is 7.05 Å². The Morgan fingerprint density at radius 2 is 2.44 bits per heavy atom. The number of rotatable bonds is 3. The smallest absolute Gasteiger partial charge is 0.323 e. The van der Waals surface area contributed by atoms with Crippen molar-refractivity contribution in [3.05, 3.63) is 23.4 Å². The van der Waals surface area contributed by atoms with Gasteiger partial charge in [0.15, 0.2) is 0 Å². The molecule has 1 N–H and O–H groups in total. The molecule has 5 nitrogen and oxygen atoms in total. The van der Waals surface area contributed by atoms with E-state index in [0.29, 0.717) is 12.4 Å². The van der Waals surface area contributed by atoms with Crippen molar-refractivity contribution in [3.63, 3.8) is 0 Å². The number of anilines is 1. The first-order valence-electron chi connectivity index (χ1n) is 5.16. The summed E-state index contributed by atoms with van der Waals surface area (Å²) in [4.78, 5) is 16.6. The molecule has 1 aromatic heterocycles. The number of ether oxygens (including phenoxy) is 1. The maximum atomic E-state index is 10.6. The number of pyridine rings is 1. The van der Waals surface area contributed by atoms with Crippen LogP contribution in [0.3, 0.4) is 0 Å². The first kappa shape index (κ1) is 10.9. The number of carboxylic acids is 1. The van der Waals surface area contributed by atoms with E-state index in [-0.39, 0.29) is 6.54 Å². The molecule has 0 fully saturated rings. The Bertz CT molecular complexity index is 406. The zero-order valence-electron chi connectivity index (χ0n) is 9.14. The van der Waals surface area contributed by atoms with Gasteiger partial charge in [-0.1, -0.05) is 6.07 Å². The van der Waals surface area contributed by atoms with E-state index in [9.17, 15) is 4.79 Å². The number of nitrogens with zero attached hydrogens (tertiary/aromatic N) is 2. The van der Waals surface area contributed by atoms with Crippen molar-refractivity contribution in [2.24, 2.45) is 0 Å². The molecule has 1 aromatic rings. The molecule has 5 heteroatoms. The molecule has 0 radical (unpaired) electrons. The van der Waals surface area contributed by atoms with Crippen LogP contribution in [0.25, 0.3) is 0 Å². The van der Waals surface area contributed by atoms with Crippen LogP contribution >= 0.6 is 0 Å². The summed E-state index contributed by atoms with van der Waals surface area (Å²) >= 11 is 0. The Morgan fingerprint density at radius 3 is 3.19 bits per heavy atom. The highest BCUT2D eigenvalue weighted by molar-refractivity contribution is 5.72. The Morgan fingerprint density at radius 1 is 1.62 bits per heavy atom. The molecule has 0 aromatic carbocycles. The molecule has 1 aliphatic rings. The van der Waals surface area contributed by atoms with Crippen LogP contribution in [-0.2, 0) is 22.6 Å². The minimum Gasteiger partial charge on any atom is -0.480 e. The molecule has 2 rings (SSSR count). The van der Waals surface area contributed by atoms with Crippen molar-refractivity contribution in [2.75, 3.05) is 25.1 Å². The summed E-state index contributed by atoms with van der Waals surface area (Å²) in [6.07, 6.45) is 0.880. The summed E-state index contributed by atoms with van der Waals surface area (Å²) in [5.74, 6) is -0.190. The molecule has 0 unspecified atom stereocenters. The van der Waals surface area contributed by atoms with Crippen molar-refractivity contribution in [3.8, 4) is 0 Å². The second kappa shape index (κ2) is 4.49. The van der Waals surface area contributed by atoms with Gasteiger partial charge in [0.05, 0.1) is 18.9 Å². The number of carbonyl (C=O) groups is 1. The minimum absolute atomic E-state index is 0.0490. The van der Waals surface area contributed by atoms with E-state index >= 15 is 0 Å². The van der Waals surface area contributed by atoms with Crippen molar-refractivity contribution >= 4 is 11.8 Å². The van der Waals surface area contributed by atoms with Crippen LogP contribution in [0.1, 0.15) is 11.3 Å². The molecule has 0 amide bonds. The van der Waals surface area contributed by atoms with Crippen molar-refractivity contribution in [1.82, 2.24) is 4.98 Å². The Balaban J connectivity index is 2.19. The number of likely N-dealkylation sites (N-methyl/N-ethyl adjacent to an activating group) is 1. The Labute approximate surface area is 93.7 Å². The van der Waals surface area contributed by atoms with Crippen LogP contribution in [0.15, 0.2) is 12.1 Å². The minimum atomic E-state index is -0.863. The van der Waals surface area contributed by atoms with Crippen molar-refractivity contribution < 1.29 is 14.6 Å². The van der Waals surface area contributed by atoms with Gasteiger partial charge >= 0.3 is 5.97 Å². The van der Waals surface area contributed by atoms with Crippen LogP contribution in [0.4, 0.5) is 5.82 Å². The van der Waals surface area contributed by atoms with Crippen LogP contribution in [0.2, 0.25) is 0 Å². The average molecular weight is 222 g/mol. The van der Waals surface area contributed by atoms with Crippen LogP contribution in [0, 0.1) is 0 Å². The molecule has 2 heterocycles. The summed E-state index contributed by atoms with van der Waals surface area (Å²) in [5, 5.41) is 8.69. The molecule has 86 valence electrons. The number of fused-ring (bicyclic) bond motifs is 1. The molecular formula is C11H14N2O3. The summed E-state index contributed by atoms with van der Waals surface area (Å²) in [6, 6.07) is 3.85. The Kier molecular flexibility index (Phi) is 3.05. The number of aliphatic carboxylic acids is 1. The average Bonchev–Trinajstić information content (AvgIpc) is 2.27. The van der Waals surface area contributed by atoms with Crippen LogP contribution in [0.5, 0.6) is 0 Å². The summed E-state index contributed by atoms with van der Waals surface area (Å²) in [7, 11) is 1.71. The third kappa shape index (κ3) is 2.30. The van der Waals surface area contributed by atoms with Crippen LogP contribution in [-0.4, -0.2) is 36.3 Å². The number of hydrogen-bond donors (Lipinski definition) is 1. The third-order valence-corrected chi connectivity index (χ3v) is 2.57. The van der Waals surface area contributed by atoms with E-state index < -0.39 is 5.97 Å². The molecule has 0 bridgehead atoms. The van der Waals surface area contributed by atoms with E-state index in [1.807, 2.05) is 12.1 Å². The van der Waals surface area contributed by atoms with Gasteiger partial charge in [-0.05, 0) is 18.1 Å². The highest BCUT2D eigenvalue weighted by Gasteiger charge is 2.13. The van der Waals surface area contributed by atoms with E-state index in [0.717, 1.165) is 18.7 Å². The van der Waals surface area contributed by atoms with E-state index in [1.165, 1.54) is 5.56 Å². The van der Waals surface area contributed by atoms with Crippen LogP contribution < -0.4 is 4.90 Å². The third-order valence-electron chi connectivity index (χ3n) is 2.57. The van der Waals surface area contributed by atoms with E-state index in [4.69, 9.17) is 9.84 Å². The van der Waals surface area contributed by atoms with Crippen molar-refractivity contribution in [1.29, 1.82) is 0 Å². The predicted octanol–water partition coefficient (Wildman–Crippen LogP) is 0.675. The topological polar surface area (TPSA) is 62.7 Å². The normalized spacial score (nSPS) is 14.3. The standard InChI is InChI=1S/C11H14N2O3/c1-13(6-11(14)15)10-3-2-8-4-5-16-7-9(8)12-10/h2-3H,4-7H2,1H3,(H,14,15). The van der Waals surface area contributed by atoms with Gasteiger partial charge in [0.1, 0.15) is 12.4 Å². The monoisotopic (exact) mass is 222 g/mol. The first-order chi connectivity index (χ1) is 7.66. The van der Waals surface area contributed by atoms with Gasteiger partial charge in [-0.3, -0.25) is 4.79 Å². The van der Waals surface area contributed by atoms with Gasteiger partial charge in [0.2, 0.25) is 0 Å². The molecule has 16 heavy (non-hydrogen) atoms. The largest absolute Gasteiger partial charge is 0.480 e. The van der Waals surface area contributed by atoms with E-state index in [2.05, 4.69) is 4.98 Å². The lowest BCUT2D eigenvalue weighted by Crippen LogP contribution is -2.26. The van der Waals surface area contributed by atoms with Crippen molar-refractivity contribution in [2.45, 2.75) is 13.0 Å². The lowest BCUT2D eigenvalue weighted by atomic mass is 10.1. The molecule has 0 saturated heterocycles. The van der Waals surface area contributed by atoms with Gasteiger partial charge in [-0.2, -0.15) is 0 Å². The Hall–Kier alpha value is -1.62. The number of aromatic nitrogens is 1. The fourth-order valence-electron chi connectivity index (χ4n) is 1.72. The molecular weight excluding hydrogens is 208 g/mol. The summed E-state index contributed by atoms with van der Waals surface area (Å²) in [5.41, 5.74) is 2.11. The molecule has 0 aliphatic carbocycles. The molecule has 0 spiro atoms. The molecule has 0 saturated carbocycles.